The van der Waals surface area contributed by atoms with Crippen molar-refractivity contribution in [3.8, 4) is 11.4 Å². The normalized spacial score (nSPS) is 22.4. The first kappa shape index (κ1) is 14.0. The second-order valence-electron chi connectivity index (χ2n) is 6.16. The topological polar surface area (TPSA) is 69.6 Å². The van der Waals surface area contributed by atoms with E-state index in [1.54, 1.807) is 0 Å². The van der Waals surface area contributed by atoms with Gasteiger partial charge in [-0.1, -0.05) is 13.3 Å². The number of anilines is 1. The predicted octanol–water partition coefficient (Wildman–Crippen LogP) is 3.37. The first-order valence-electron chi connectivity index (χ1n) is 7.82. The molecule has 2 aromatic rings. The smallest absolute Gasteiger partial charge is 0.182 e. The van der Waals surface area contributed by atoms with Crippen molar-refractivity contribution < 1.29 is 0 Å². The first-order chi connectivity index (χ1) is 10.2. The van der Waals surface area contributed by atoms with Crippen LogP contribution in [0.25, 0.3) is 11.4 Å². The Hall–Kier alpha value is -1.91. The monoisotopic (exact) mass is 285 g/mol. The van der Waals surface area contributed by atoms with Gasteiger partial charge in [-0.25, -0.2) is 4.68 Å². The summed E-state index contributed by atoms with van der Waals surface area (Å²) in [6, 6.07) is 6.42. The minimum atomic E-state index is 0.416. The molecular formula is C16H23N5. The van der Waals surface area contributed by atoms with E-state index in [0.717, 1.165) is 41.4 Å². The maximum absolute atomic E-state index is 5.95. The Bertz CT molecular complexity index is 591. The lowest BCUT2D eigenvalue weighted by Gasteiger charge is -2.28. The Kier molecular flexibility index (Phi) is 3.90. The summed E-state index contributed by atoms with van der Waals surface area (Å²) in [5, 5.41) is 12.4. The standard InChI is InChI=1S/C16H23N5/c1-3-12-4-6-15(7-5-12)21-16(18-19-20-21)13-8-11(2)9-14(17)10-13/h8-10,12,15H,3-7,17H2,1-2H3. The third-order valence-corrected chi connectivity index (χ3v) is 4.59. The van der Waals surface area contributed by atoms with E-state index in [1.165, 1.54) is 19.3 Å². The second kappa shape index (κ2) is 5.84. The van der Waals surface area contributed by atoms with E-state index >= 15 is 0 Å². The molecule has 0 spiro atoms. The number of benzene rings is 1. The minimum absolute atomic E-state index is 0.416. The zero-order chi connectivity index (χ0) is 14.8. The summed E-state index contributed by atoms with van der Waals surface area (Å²) in [5.74, 6) is 1.71. The van der Waals surface area contributed by atoms with E-state index in [2.05, 4.69) is 28.5 Å². The Morgan fingerprint density at radius 2 is 1.95 bits per heavy atom. The van der Waals surface area contributed by atoms with Crippen LogP contribution in [0, 0.1) is 12.8 Å². The lowest BCUT2D eigenvalue weighted by atomic mass is 9.84. The van der Waals surface area contributed by atoms with Gasteiger partial charge in [0.25, 0.3) is 0 Å². The number of nitrogen functional groups attached to an aromatic ring is 1. The van der Waals surface area contributed by atoms with Crippen LogP contribution in [-0.4, -0.2) is 20.2 Å². The molecule has 1 heterocycles. The summed E-state index contributed by atoms with van der Waals surface area (Å²) in [6.07, 6.45) is 6.16. The molecule has 5 nitrogen and oxygen atoms in total. The van der Waals surface area contributed by atoms with Gasteiger partial charge in [0.2, 0.25) is 0 Å². The van der Waals surface area contributed by atoms with E-state index in [-0.39, 0.29) is 0 Å². The number of hydrogen-bond acceptors (Lipinski definition) is 4. The average molecular weight is 285 g/mol. The van der Waals surface area contributed by atoms with E-state index in [9.17, 15) is 0 Å². The minimum Gasteiger partial charge on any atom is -0.399 e. The molecule has 0 unspecified atom stereocenters. The quantitative estimate of drug-likeness (QED) is 0.878. The number of nitrogens with two attached hydrogens (primary N) is 1. The van der Waals surface area contributed by atoms with Crippen LogP contribution in [-0.2, 0) is 0 Å². The van der Waals surface area contributed by atoms with Crippen molar-refractivity contribution in [1.29, 1.82) is 0 Å². The number of rotatable bonds is 3. The number of aryl methyl sites for hydroxylation is 1. The molecule has 1 aliphatic rings. The van der Waals surface area contributed by atoms with Gasteiger partial charge in [-0.05, 0) is 72.7 Å². The van der Waals surface area contributed by atoms with Gasteiger partial charge in [-0.3, -0.25) is 0 Å². The summed E-state index contributed by atoms with van der Waals surface area (Å²) < 4.78 is 2.00. The van der Waals surface area contributed by atoms with Crippen molar-refractivity contribution in [3.05, 3.63) is 23.8 Å². The fraction of sp³-hybridized carbons (Fsp3) is 0.562. The fourth-order valence-corrected chi connectivity index (χ4v) is 3.37. The molecule has 0 radical (unpaired) electrons. The van der Waals surface area contributed by atoms with E-state index in [4.69, 9.17) is 5.73 Å². The van der Waals surface area contributed by atoms with Crippen LogP contribution in [0.5, 0.6) is 0 Å². The van der Waals surface area contributed by atoms with Crippen molar-refractivity contribution in [3.63, 3.8) is 0 Å². The maximum atomic E-state index is 5.95. The zero-order valence-electron chi connectivity index (χ0n) is 12.8. The summed E-state index contributed by atoms with van der Waals surface area (Å²) >= 11 is 0. The molecule has 1 fully saturated rings. The lowest BCUT2D eigenvalue weighted by molar-refractivity contribution is 0.255. The van der Waals surface area contributed by atoms with Crippen molar-refractivity contribution in [2.75, 3.05) is 5.73 Å². The highest BCUT2D eigenvalue weighted by Gasteiger charge is 2.24. The SMILES string of the molecule is CCC1CCC(n2nnnc2-c2cc(C)cc(N)c2)CC1. The maximum Gasteiger partial charge on any atom is 0.182 e. The van der Waals surface area contributed by atoms with Crippen LogP contribution >= 0.6 is 0 Å². The van der Waals surface area contributed by atoms with Gasteiger partial charge >= 0.3 is 0 Å². The van der Waals surface area contributed by atoms with Gasteiger partial charge in [0, 0.05) is 11.3 Å². The van der Waals surface area contributed by atoms with Crippen molar-refractivity contribution in [2.45, 2.75) is 52.0 Å². The average Bonchev–Trinajstić information content (AvgIpc) is 2.96. The Morgan fingerprint density at radius 3 is 2.62 bits per heavy atom. The van der Waals surface area contributed by atoms with Gasteiger partial charge in [0.15, 0.2) is 5.82 Å². The van der Waals surface area contributed by atoms with Gasteiger partial charge < -0.3 is 5.73 Å². The molecule has 0 atom stereocenters. The number of aromatic nitrogens is 4. The molecular weight excluding hydrogens is 262 g/mol. The zero-order valence-corrected chi connectivity index (χ0v) is 12.8. The lowest BCUT2D eigenvalue weighted by Crippen LogP contribution is -2.19. The molecule has 5 heteroatoms. The predicted molar refractivity (Wildman–Crippen MR) is 83.7 cm³/mol. The second-order valence-corrected chi connectivity index (χ2v) is 6.16. The van der Waals surface area contributed by atoms with Crippen LogP contribution in [0.1, 0.15) is 50.6 Å². The molecule has 0 bridgehead atoms. The molecule has 1 aliphatic carbocycles. The van der Waals surface area contributed by atoms with Crippen molar-refractivity contribution in [1.82, 2.24) is 20.2 Å². The van der Waals surface area contributed by atoms with Crippen molar-refractivity contribution in [2.24, 2.45) is 5.92 Å². The molecule has 1 saturated carbocycles. The van der Waals surface area contributed by atoms with Crippen LogP contribution in [0.2, 0.25) is 0 Å². The Balaban J connectivity index is 1.87. The first-order valence-corrected chi connectivity index (χ1v) is 7.82. The molecule has 112 valence electrons. The highest BCUT2D eigenvalue weighted by molar-refractivity contribution is 5.62. The fourth-order valence-electron chi connectivity index (χ4n) is 3.37. The summed E-state index contributed by atoms with van der Waals surface area (Å²) in [5.41, 5.74) is 8.85. The van der Waals surface area contributed by atoms with Crippen LogP contribution in [0.3, 0.4) is 0 Å². The van der Waals surface area contributed by atoms with Crippen LogP contribution in [0.4, 0.5) is 5.69 Å². The molecule has 0 aliphatic heterocycles. The number of tetrazole rings is 1. The summed E-state index contributed by atoms with van der Waals surface area (Å²) in [4.78, 5) is 0. The molecule has 2 N–H and O–H groups in total. The number of hydrogen-bond donors (Lipinski definition) is 1. The molecule has 0 saturated heterocycles. The molecule has 21 heavy (non-hydrogen) atoms. The molecule has 0 amide bonds. The molecule has 1 aromatic carbocycles. The van der Waals surface area contributed by atoms with Gasteiger partial charge in [0.1, 0.15) is 0 Å². The van der Waals surface area contributed by atoms with Gasteiger partial charge in [-0.2, -0.15) is 0 Å². The van der Waals surface area contributed by atoms with E-state index in [0.29, 0.717) is 6.04 Å². The Labute approximate surface area is 125 Å². The third-order valence-electron chi connectivity index (χ3n) is 4.59. The summed E-state index contributed by atoms with van der Waals surface area (Å²) in [7, 11) is 0. The van der Waals surface area contributed by atoms with E-state index < -0.39 is 0 Å². The highest BCUT2D eigenvalue weighted by atomic mass is 15.5. The van der Waals surface area contributed by atoms with Crippen LogP contribution < -0.4 is 5.73 Å². The van der Waals surface area contributed by atoms with Gasteiger partial charge in [-0.15, -0.1) is 5.10 Å². The van der Waals surface area contributed by atoms with E-state index in [1.807, 2.05) is 23.7 Å². The van der Waals surface area contributed by atoms with Gasteiger partial charge in [0.05, 0.1) is 6.04 Å². The largest absolute Gasteiger partial charge is 0.399 e. The third kappa shape index (κ3) is 2.91. The molecule has 3 rings (SSSR count). The van der Waals surface area contributed by atoms with Crippen molar-refractivity contribution >= 4 is 5.69 Å². The van der Waals surface area contributed by atoms with Crippen LogP contribution in [0.15, 0.2) is 18.2 Å². The summed E-state index contributed by atoms with van der Waals surface area (Å²) in [6.45, 7) is 4.32. The number of nitrogens with zero attached hydrogens (tertiary/aromatic N) is 4. The highest BCUT2D eigenvalue weighted by Crippen LogP contribution is 2.35. The molecule has 1 aromatic heterocycles. The Morgan fingerprint density at radius 1 is 1.19 bits per heavy atom.